The van der Waals surface area contributed by atoms with Gasteiger partial charge < -0.3 is 9.72 Å². The van der Waals surface area contributed by atoms with Crippen molar-refractivity contribution in [3.8, 4) is 34.3 Å². The highest BCUT2D eigenvalue weighted by Crippen LogP contribution is 2.33. The summed E-state index contributed by atoms with van der Waals surface area (Å²) < 4.78 is 5.23. The number of fused-ring (bicyclic) bond motifs is 1. The number of benzene rings is 1. The number of nitrogens with zero attached hydrogens (tertiary/aromatic N) is 3. The Morgan fingerprint density at radius 1 is 1.11 bits per heavy atom. The number of methoxy groups -OCH3 is 1. The summed E-state index contributed by atoms with van der Waals surface area (Å²) in [6.45, 7) is 0. The van der Waals surface area contributed by atoms with E-state index in [9.17, 15) is 10.1 Å². The second-order valence-corrected chi connectivity index (χ2v) is 5.90. The zero-order valence-electron chi connectivity index (χ0n) is 14.4. The summed E-state index contributed by atoms with van der Waals surface area (Å²) in [4.78, 5) is 24.1. The van der Waals surface area contributed by atoms with Crippen molar-refractivity contribution < 1.29 is 4.74 Å². The van der Waals surface area contributed by atoms with Crippen LogP contribution in [0.3, 0.4) is 0 Å². The topological polar surface area (TPSA) is 91.7 Å². The second kappa shape index (κ2) is 6.73. The van der Waals surface area contributed by atoms with E-state index in [2.05, 4.69) is 21.0 Å². The number of hydrogen-bond acceptors (Lipinski definition) is 5. The van der Waals surface area contributed by atoms with Gasteiger partial charge in [-0.05, 0) is 29.8 Å². The highest BCUT2D eigenvalue weighted by Gasteiger charge is 2.14. The minimum Gasteiger partial charge on any atom is -0.481 e. The number of H-pyrrole nitrogens is 1. The molecule has 0 radical (unpaired) electrons. The van der Waals surface area contributed by atoms with E-state index < -0.39 is 0 Å². The number of nitriles is 1. The van der Waals surface area contributed by atoms with Crippen LogP contribution in [-0.2, 0) is 0 Å². The fraction of sp³-hybridized carbons (Fsp3) is 0.0476. The van der Waals surface area contributed by atoms with Gasteiger partial charge in [-0.3, -0.25) is 4.79 Å². The fourth-order valence-electron chi connectivity index (χ4n) is 2.96. The van der Waals surface area contributed by atoms with Gasteiger partial charge in [-0.2, -0.15) is 5.26 Å². The molecule has 27 heavy (non-hydrogen) atoms. The molecule has 4 rings (SSSR count). The molecule has 0 saturated heterocycles. The lowest BCUT2D eigenvalue weighted by Gasteiger charge is -2.12. The van der Waals surface area contributed by atoms with Crippen LogP contribution in [-0.4, -0.2) is 22.1 Å². The molecule has 0 unspecified atom stereocenters. The molecule has 1 N–H and O–H groups in total. The molecule has 1 aromatic carbocycles. The van der Waals surface area contributed by atoms with Crippen molar-refractivity contribution in [2.24, 2.45) is 0 Å². The largest absolute Gasteiger partial charge is 0.481 e. The van der Waals surface area contributed by atoms with Crippen molar-refractivity contribution in [1.82, 2.24) is 15.0 Å². The van der Waals surface area contributed by atoms with Crippen LogP contribution < -0.4 is 10.2 Å². The van der Waals surface area contributed by atoms with Crippen LogP contribution in [0.15, 0.2) is 65.7 Å². The molecule has 0 aliphatic carbocycles. The molecule has 0 aliphatic rings. The number of pyridine rings is 3. The third-order valence-corrected chi connectivity index (χ3v) is 4.26. The molecule has 130 valence electrons. The highest BCUT2D eigenvalue weighted by atomic mass is 16.5. The van der Waals surface area contributed by atoms with Crippen molar-refractivity contribution in [2.45, 2.75) is 0 Å². The van der Waals surface area contributed by atoms with E-state index in [-0.39, 0.29) is 5.43 Å². The fourth-order valence-corrected chi connectivity index (χ4v) is 2.96. The zero-order valence-corrected chi connectivity index (χ0v) is 14.4. The van der Waals surface area contributed by atoms with Crippen molar-refractivity contribution >= 4 is 11.0 Å². The van der Waals surface area contributed by atoms with Crippen molar-refractivity contribution in [2.75, 3.05) is 7.11 Å². The Morgan fingerprint density at radius 3 is 2.81 bits per heavy atom. The van der Waals surface area contributed by atoms with Gasteiger partial charge in [-0.25, -0.2) is 9.97 Å². The second-order valence-electron chi connectivity index (χ2n) is 5.90. The SMILES string of the molecule is COc1cc(-c2cc3c(=O)cc[nH]c3nc2-c2cccc(C#N)c2)ccn1. The van der Waals surface area contributed by atoms with Crippen LogP contribution in [0.2, 0.25) is 0 Å². The predicted octanol–water partition coefficient (Wildman–Crippen LogP) is 3.53. The van der Waals surface area contributed by atoms with Crippen LogP contribution in [0.5, 0.6) is 5.88 Å². The first-order chi connectivity index (χ1) is 13.2. The molecule has 3 aromatic heterocycles. The van der Waals surface area contributed by atoms with Crippen molar-refractivity contribution in [3.63, 3.8) is 0 Å². The summed E-state index contributed by atoms with van der Waals surface area (Å²) in [5, 5.41) is 9.72. The Bertz CT molecular complexity index is 1250. The van der Waals surface area contributed by atoms with E-state index in [1.54, 1.807) is 37.7 Å². The van der Waals surface area contributed by atoms with Gasteiger partial charge in [0.2, 0.25) is 5.88 Å². The lowest BCUT2D eigenvalue weighted by Crippen LogP contribution is -2.03. The maximum Gasteiger partial charge on any atom is 0.213 e. The molecule has 0 saturated carbocycles. The first kappa shape index (κ1) is 16.5. The first-order valence-corrected chi connectivity index (χ1v) is 8.23. The summed E-state index contributed by atoms with van der Waals surface area (Å²) in [6.07, 6.45) is 3.21. The van der Waals surface area contributed by atoms with Crippen LogP contribution in [0.1, 0.15) is 5.56 Å². The van der Waals surface area contributed by atoms with Gasteiger partial charge in [-0.1, -0.05) is 12.1 Å². The molecule has 4 aromatic rings. The summed E-state index contributed by atoms with van der Waals surface area (Å²) in [7, 11) is 1.55. The van der Waals surface area contributed by atoms with E-state index in [1.807, 2.05) is 24.3 Å². The average molecular weight is 354 g/mol. The lowest BCUT2D eigenvalue weighted by atomic mass is 9.98. The van der Waals surface area contributed by atoms with E-state index in [1.165, 1.54) is 6.07 Å². The van der Waals surface area contributed by atoms with Crippen LogP contribution >= 0.6 is 0 Å². The Hall–Kier alpha value is -3.98. The molecule has 6 nitrogen and oxygen atoms in total. The van der Waals surface area contributed by atoms with Gasteiger partial charge >= 0.3 is 0 Å². The first-order valence-electron chi connectivity index (χ1n) is 8.23. The van der Waals surface area contributed by atoms with Crippen molar-refractivity contribution in [3.05, 3.63) is 76.7 Å². The molecule has 0 atom stereocenters. The van der Waals surface area contributed by atoms with Crippen LogP contribution in [0, 0.1) is 11.3 Å². The minimum atomic E-state index is -0.115. The molecule has 0 amide bonds. The maximum absolute atomic E-state index is 12.3. The predicted molar refractivity (Wildman–Crippen MR) is 102 cm³/mol. The molecular weight excluding hydrogens is 340 g/mol. The van der Waals surface area contributed by atoms with Gasteiger partial charge in [0.25, 0.3) is 0 Å². The number of rotatable bonds is 3. The number of nitrogens with one attached hydrogen (secondary N) is 1. The number of hydrogen-bond donors (Lipinski definition) is 1. The lowest BCUT2D eigenvalue weighted by molar-refractivity contribution is 0.398. The zero-order chi connectivity index (χ0) is 18.8. The maximum atomic E-state index is 12.3. The summed E-state index contributed by atoms with van der Waals surface area (Å²) >= 11 is 0. The van der Waals surface area contributed by atoms with Gasteiger partial charge in [0.05, 0.1) is 29.8 Å². The quantitative estimate of drug-likeness (QED) is 0.608. The Kier molecular flexibility index (Phi) is 4.11. The van der Waals surface area contributed by atoms with Crippen molar-refractivity contribution in [1.29, 1.82) is 5.26 Å². The average Bonchev–Trinajstić information content (AvgIpc) is 2.73. The molecule has 3 heterocycles. The van der Waals surface area contributed by atoms with E-state index in [0.29, 0.717) is 28.2 Å². The highest BCUT2D eigenvalue weighted by molar-refractivity contribution is 5.90. The molecular formula is C21H14N4O2. The van der Waals surface area contributed by atoms with Gasteiger partial charge in [0.1, 0.15) is 5.65 Å². The Morgan fingerprint density at radius 2 is 2.00 bits per heavy atom. The van der Waals surface area contributed by atoms with Crippen LogP contribution in [0.4, 0.5) is 0 Å². The molecule has 0 fully saturated rings. The summed E-state index contributed by atoms with van der Waals surface area (Å²) in [6, 6.07) is 16.3. The number of aromatic amines is 1. The molecule has 6 heteroatoms. The van der Waals surface area contributed by atoms with E-state index in [4.69, 9.17) is 4.74 Å². The summed E-state index contributed by atoms with van der Waals surface area (Å²) in [5.74, 6) is 0.464. The summed E-state index contributed by atoms with van der Waals surface area (Å²) in [5.41, 5.74) is 3.93. The Labute approximate surface area is 154 Å². The molecule has 0 aliphatic heterocycles. The van der Waals surface area contributed by atoms with Gasteiger partial charge in [0.15, 0.2) is 5.43 Å². The standard InChI is InChI=1S/C21H14N4O2/c1-27-19-10-14(5-7-23-19)16-11-17-18(26)6-8-24-21(17)25-20(16)15-4-2-3-13(9-15)12-22/h2-11H,1H3,(H,24,25,26). The monoisotopic (exact) mass is 354 g/mol. The Balaban J connectivity index is 2.06. The normalized spacial score (nSPS) is 10.5. The minimum absolute atomic E-state index is 0.115. The smallest absolute Gasteiger partial charge is 0.213 e. The molecule has 0 spiro atoms. The van der Waals surface area contributed by atoms with Crippen LogP contribution in [0.25, 0.3) is 33.4 Å². The molecule has 0 bridgehead atoms. The number of aromatic nitrogens is 3. The number of ether oxygens (including phenoxy) is 1. The van der Waals surface area contributed by atoms with Gasteiger partial charge in [0, 0.05) is 35.7 Å². The van der Waals surface area contributed by atoms with E-state index >= 15 is 0 Å². The van der Waals surface area contributed by atoms with Gasteiger partial charge in [-0.15, -0.1) is 0 Å². The third kappa shape index (κ3) is 3.02. The van der Waals surface area contributed by atoms with E-state index in [0.717, 1.165) is 16.7 Å². The third-order valence-electron chi connectivity index (χ3n) is 4.26.